The molecule has 0 spiro atoms. The van der Waals surface area contributed by atoms with Crippen LogP contribution in [0.2, 0.25) is 10.0 Å². The smallest absolute Gasteiger partial charge is 0.147 e. The van der Waals surface area contributed by atoms with Gasteiger partial charge in [-0.05, 0) is 41.2 Å². The Bertz CT molecular complexity index is 639. The number of hydrogen-bond donors (Lipinski definition) is 1. The van der Waals surface area contributed by atoms with Crippen molar-refractivity contribution in [3.63, 3.8) is 0 Å². The number of halogens is 4. The van der Waals surface area contributed by atoms with Crippen LogP contribution in [0.5, 0.6) is 0 Å². The summed E-state index contributed by atoms with van der Waals surface area (Å²) in [7, 11) is 1.80. The Hall–Kier alpha value is -0.260. The second-order valence-electron chi connectivity index (χ2n) is 4.35. The lowest BCUT2D eigenvalue weighted by Gasteiger charge is -2.18. The molecule has 112 valence electrons. The summed E-state index contributed by atoms with van der Waals surface area (Å²) in [6.07, 6.45) is 0. The Morgan fingerprint density at radius 1 is 1.24 bits per heavy atom. The molecule has 1 atom stereocenters. The molecule has 0 bridgehead atoms. The van der Waals surface area contributed by atoms with E-state index >= 15 is 0 Å². The van der Waals surface area contributed by atoms with Crippen LogP contribution in [0.15, 0.2) is 45.8 Å². The molecule has 6 heteroatoms. The first-order valence-electron chi connectivity index (χ1n) is 6.22. The van der Waals surface area contributed by atoms with Crippen LogP contribution < -0.4 is 5.32 Å². The van der Waals surface area contributed by atoms with Gasteiger partial charge in [-0.15, -0.1) is 11.8 Å². The lowest BCUT2D eigenvalue weighted by molar-refractivity contribution is 0.565. The first-order valence-corrected chi connectivity index (χ1v) is 8.76. The molecular weight excluding hydrogens is 396 g/mol. The van der Waals surface area contributed by atoms with E-state index in [4.69, 9.17) is 23.2 Å². The number of nitrogens with one attached hydrogen (secondary N) is 1. The molecule has 0 saturated heterocycles. The Balaban J connectivity index is 2.18. The summed E-state index contributed by atoms with van der Waals surface area (Å²) < 4.78 is 14.8. The first-order chi connectivity index (χ1) is 10.0. The third-order valence-electron chi connectivity index (χ3n) is 3.03. The zero-order valence-corrected chi connectivity index (χ0v) is 15.1. The van der Waals surface area contributed by atoms with Crippen LogP contribution in [0.4, 0.5) is 4.39 Å². The van der Waals surface area contributed by atoms with Gasteiger partial charge in [-0.25, -0.2) is 4.39 Å². The minimum Gasteiger partial charge on any atom is -0.312 e. The van der Waals surface area contributed by atoms with E-state index in [9.17, 15) is 4.39 Å². The van der Waals surface area contributed by atoms with Crippen LogP contribution in [0, 0.1) is 5.82 Å². The Kier molecular flexibility index (Phi) is 6.38. The summed E-state index contributed by atoms with van der Waals surface area (Å²) in [6, 6.07) is 10.9. The van der Waals surface area contributed by atoms with E-state index in [1.807, 2.05) is 24.3 Å². The molecule has 0 heterocycles. The zero-order chi connectivity index (χ0) is 15.4. The third kappa shape index (κ3) is 4.14. The van der Waals surface area contributed by atoms with Crippen molar-refractivity contribution in [2.75, 3.05) is 12.8 Å². The van der Waals surface area contributed by atoms with Crippen molar-refractivity contribution in [3.8, 4) is 0 Å². The van der Waals surface area contributed by atoms with Crippen LogP contribution in [-0.2, 0) is 0 Å². The molecule has 0 fully saturated rings. The van der Waals surface area contributed by atoms with Gasteiger partial charge in [0.25, 0.3) is 0 Å². The van der Waals surface area contributed by atoms with E-state index in [0.29, 0.717) is 20.8 Å². The van der Waals surface area contributed by atoms with E-state index in [2.05, 4.69) is 21.2 Å². The van der Waals surface area contributed by atoms with Crippen LogP contribution in [0.25, 0.3) is 0 Å². The molecule has 1 nitrogen and oxygen atoms in total. The Morgan fingerprint density at radius 2 is 1.95 bits per heavy atom. The molecule has 0 radical (unpaired) electrons. The van der Waals surface area contributed by atoms with Gasteiger partial charge in [0, 0.05) is 26.7 Å². The van der Waals surface area contributed by atoms with Gasteiger partial charge >= 0.3 is 0 Å². The highest BCUT2D eigenvalue weighted by atomic mass is 79.9. The summed E-state index contributed by atoms with van der Waals surface area (Å²) in [6.45, 7) is 0. The normalized spacial score (nSPS) is 12.4. The van der Waals surface area contributed by atoms with E-state index < -0.39 is 5.82 Å². The average Bonchev–Trinajstić information content (AvgIpc) is 2.49. The average molecular weight is 409 g/mol. The summed E-state index contributed by atoms with van der Waals surface area (Å²) in [5.41, 5.74) is 0.547. The summed E-state index contributed by atoms with van der Waals surface area (Å²) >= 11 is 16.9. The molecule has 0 aromatic heterocycles. The number of hydrogen-bond acceptors (Lipinski definition) is 2. The SMILES string of the molecule is CNC(CSc1ccccc1Cl)c1ccc(Br)c(Cl)c1F. The molecule has 2 aromatic rings. The molecule has 0 amide bonds. The van der Waals surface area contributed by atoms with Crippen molar-refractivity contribution in [2.45, 2.75) is 10.9 Å². The van der Waals surface area contributed by atoms with Crippen molar-refractivity contribution in [2.24, 2.45) is 0 Å². The molecule has 0 aliphatic heterocycles. The van der Waals surface area contributed by atoms with Gasteiger partial charge in [0.15, 0.2) is 0 Å². The standard InChI is InChI=1S/C15H13BrCl2FNS/c1-20-12(8-21-13-5-3-2-4-11(13)17)9-6-7-10(16)14(18)15(9)19/h2-7,12,20H,8H2,1H3. The predicted octanol–water partition coefficient (Wildman–Crippen LogP) is 5.95. The Labute approximate surface area is 146 Å². The Morgan fingerprint density at radius 3 is 2.62 bits per heavy atom. The van der Waals surface area contributed by atoms with Gasteiger partial charge in [0.05, 0.1) is 10.0 Å². The van der Waals surface area contributed by atoms with Crippen LogP contribution in [0.3, 0.4) is 0 Å². The van der Waals surface area contributed by atoms with Crippen molar-refractivity contribution >= 4 is 50.9 Å². The van der Waals surface area contributed by atoms with Crippen molar-refractivity contribution in [1.82, 2.24) is 5.32 Å². The monoisotopic (exact) mass is 407 g/mol. The molecule has 1 unspecified atom stereocenters. The van der Waals surface area contributed by atoms with E-state index in [1.54, 1.807) is 30.9 Å². The molecular formula is C15H13BrCl2FNS. The molecule has 2 aromatic carbocycles. The molecule has 0 aliphatic carbocycles. The second-order valence-corrected chi connectivity index (χ2v) is 7.05. The molecule has 0 saturated carbocycles. The second kappa shape index (κ2) is 7.84. The lowest BCUT2D eigenvalue weighted by atomic mass is 10.1. The zero-order valence-electron chi connectivity index (χ0n) is 11.2. The number of thioether (sulfide) groups is 1. The van der Waals surface area contributed by atoms with Gasteiger partial charge in [0.2, 0.25) is 0 Å². The van der Waals surface area contributed by atoms with Gasteiger partial charge in [-0.3, -0.25) is 0 Å². The summed E-state index contributed by atoms with van der Waals surface area (Å²) in [5.74, 6) is 0.250. The molecule has 1 N–H and O–H groups in total. The lowest BCUT2D eigenvalue weighted by Crippen LogP contribution is -2.20. The van der Waals surface area contributed by atoms with E-state index in [-0.39, 0.29) is 11.1 Å². The first kappa shape index (κ1) is 17.1. The fourth-order valence-electron chi connectivity index (χ4n) is 1.87. The largest absolute Gasteiger partial charge is 0.312 e. The topological polar surface area (TPSA) is 12.0 Å². The molecule has 0 aliphatic rings. The van der Waals surface area contributed by atoms with Crippen LogP contribution in [0.1, 0.15) is 11.6 Å². The molecule has 21 heavy (non-hydrogen) atoms. The van der Waals surface area contributed by atoms with Gasteiger partial charge in [-0.1, -0.05) is 41.4 Å². The van der Waals surface area contributed by atoms with Gasteiger partial charge < -0.3 is 5.32 Å². The summed E-state index contributed by atoms with van der Waals surface area (Å²) in [4.78, 5) is 0.975. The van der Waals surface area contributed by atoms with Gasteiger partial charge in [0.1, 0.15) is 5.82 Å². The van der Waals surface area contributed by atoms with E-state index in [1.165, 1.54) is 0 Å². The molecule has 2 rings (SSSR count). The quantitative estimate of drug-likeness (QED) is 0.484. The highest BCUT2D eigenvalue weighted by molar-refractivity contribution is 9.10. The number of benzene rings is 2. The van der Waals surface area contributed by atoms with Gasteiger partial charge in [-0.2, -0.15) is 0 Å². The maximum atomic E-state index is 14.3. The fourth-order valence-corrected chi connectivity index (χ4v) is 3.72. The predicted molar refractivity (Wildman–Crippen MR) is 93.1 cm³/mol. The third-order valence-corrected chi connectivity index (χ3v) is 5.90. The van der Waals surface area contributed by atoms with Crippen LogP contribution >= 0.6 is 50.9 Å². The minimum absolute atomic E-state index is 0.107. The highest BCUT2D eigenvalue weighted by Gasteiger charge is 2.18. The fraction of sp³-hybridized carbons (Fsp3) is 0.200. The van der Waals surface area contributed by atoms with Crippen molar-refractivity contribution in [3.05, 3.63) is 62.3 Å². The van der Waals surface area contributed by atoms with Crippen molar-refractivity contribution in [1.29, 1.82) is 0 Å². The van der Waals surface area contributed by atoms with E-state index in [0.717, 1.165) is 4.90 Å². The maximum absolute atomic E-state index is 14.3. The highest BCUT2D eigenvalue weighted by Crippen LogP contribution is 2.34. The van der Waals surface area contributed by atoms with Crippen molar-refractivity contribution < 1.29 is 4.39 Å². The maximum Gasteiger partial charge on any atom is 0.147 e. The number of rotatable bonds is 5. The van der Waals surface area contributed by atoms with Crippen LogP contribution in [-0.4, -0.2) is 12.8 Å². The summed E-state index contributed by atoms with van der Waals surface area (Å²) in [5, 5.41) is 3.93. The minimum atomic E-state index is -0.398.